The third-order valence-corrected chi connectivity index (χ3v) is 2.82. The van der Waals surface area contributed by atoms with Crippen LogP contribution in [0.5, 0.6) is 11.5 Å². The lowest BCUT2D eigenvalue weighted by atomic mass is 10.2. The van der Waals surface area contributed by atoms with Gasteiger partial charge in [0.1, 0.15) is 0 Å². The molecule has 20 heavy (non-hydrogen) atoms. The smallest absolute Gasteiger partial charge is 0.166 e. The summed E-state index contributed by atoms with van der Waals surface area (Å²) in [4.78, 5) is 10.1. The monoisotopic (exact) mass is 344 g/mol. The molecule has 2 aromatic rings. The van der Waals surface area contributed by atoms with Gasteiger partial charge in [-0.15, -0.1) is 0 Å². The molecular weight excluding hydrogens is 334 g/mol. The highest BCUT2D eigenvalue weighted by molar-refractivity contribution is 9.10. The lowest BCUT2D eigenvalue weighted by molar-refractivity contribution is 0.112. The van der Waals surface area contributed by atoms with E-state index >= 15 is 0 Å². The molecule has 0 saturated carbocycles. The van der Waals surface area contributed by atoms with E-state index in [0.29, 0.717) is 16.3 Å². The number of phenolic OH excluding ortho intramolecular Hbond substituents is 2. The molecular formula is C14H11BrF2O3. The average molecular weight is 345 g/mol. The number of rotatable bonds is 1. The highest BCUT2D eigenvalue weighted by Crippen LogP contribution is 2.24. The van der Waals surface area contributed by atoms with Crippen LogP contribution >= 0.6 is 15.9 Å². The number of hydrogen-bond acceptors (Lipinski definition) is 3. The van der Waals surface area contributed by atoms with E-state index in [0.717, 1.165) is 6.07 Å². The number of carbonyl (C=O) groups excluding carboxylic acids is 1. The van der Waals surface area contributed by atoms with E-state index in [1.807, 2.05) is 0 Å². The van der Waals surface area contributed by atoms with Crippen LogP contribution in [0.4, 0.5) is 8.78 Å². The number of phenols is 2. The van der Waals surface area contributed by atoms with Crippen LogP contribution in [-0.4, -0.2) is 16.5 Å². The lowest BCUT2D eigenvalue weighted by Crippen LogP contribution is -1.83. The summed E-state index contributed by atoms with van der Waals surface area (Å²) < 4.78 is 25.6. The Labute approximate surface area is 122 Å². The van der Waals surface area contributed by atoms with Gasteiger partial charge in [-0.1, -0.05) is 22.0 Å². The fourth-order valence-corrected chi connectivity index (χ4v) is 1.87. The molecule has 3 nitrogen and oxygen atoms in total. The first kappa shape index (κ1) is 16.1. The summed E-state index contributed by atoms with van der Waals surface area (Å²) in [6.45, 7) is 1.64. The summed E-state index contributed by atoms with van der Waals surface area (Å²) in [5.41, 5.74) is 0.506. The summed E-state index contributed by atoms with van der Waals surface area (Å²) >= 11 is 3.10. The van der Waals surface area contributed by atoms with Crippen LogP contribution in [0.3, 0.4) is 0 Å². The molecule has 106 valence electrons. The maximum Gasteiger partial charge on any atom is 0.166 e. The van der Waals surface area contributed by atoms with Crippen LogP contribution in [-0.2, 0) is 0 Å². The van der Waals surface area contributed by atoms with Gasteiger partial charge < -0.3 is 10.2 Å². The van der Waals surface area contributed by atoms with Gasteiger partial charge in [0.2, 0.25) is 0 Å². The largest absolute Gasteiger partial charge is 0.505 e. The number of halogens is 3. The fraction of sp³-hybridized carbons (Fsp3) is 0.0714. The summed E-state index contributed by atoms with van der Waals surface area (Å²) in [5, 5.41) is 17.7. The molecule has 0 radical (unpaired) electrons. The molecule has 0 fully saturated rings. The molecule has 0 aromatic heterocycles. The van der Waals surface area contributed by atoms with Gasteiger partial charge in [0.15, 0.2) is 29.4 Å². The van der Waals surface area contributed by atoms with Crippen molar-refractivity contribution in [2.24, 2.45) is 0 Å². The molecule has 0 heterocycles. The lowest BCUT2D eigenvalue weighted by Gasteiger charge is -1.99. The maximum atomic E-state index is 12.6. The minimum Gasteiger partial charge on any atom is -0.505 e. The van der Waals surface area contributed by atoms with E-state index in [9.17, 15) is 13.6 Å². The van der Waals surface area contributed by atoms with Crippen molar-refractivity contribution in [3.63, 3.8) is 0 Å². The molecule has 0 unspecified atom stereocenters. The predicted molar refractivity (Wildman–Crippen MR) is 74.0 cm³/mol. The van der Waals surface area contributed by atoms with Gasteiger partial charge in [-0.2, -0.15) is 0 Å². The minimum atomic E-state index is -0.774. The molecule has 0 aliphatic heterocycles. The molecule has 2 aromatic carbocycles. The van der Waals surface area contributed by atoms with Crippen molar-refractivity contribution in [1.29, 1.82) is 0 Å². The van der Waals surface area contributed by atoms with Gasteiger partial charge in [0.25, 0.3) is 0 Å². The van der Waals surface area contributed by atoms with Gasteiger partial charge in [-0.25, -0.2) is 8.78 Å². The van der Waals surface area contributed by atoms with Gasteiger partial charge in [0, 0.05) is 4.47 Å². The van der Waals surface area contributed by atoms with Gasteiger partial charge in [0.05, 0.1) is 5.56 Å². The van der Waals surface area contributed by atoms with Crippen LogP contribution in [0.25, 0.3) is 0 Å². The summed E-state index contributed by atoms with van der Waals surface area (Å²) in [7, 11) is 0. The predicted octanol–water partition coefficient (Wildman–Crippen LogP) is 3.95. The van der Waals surface area contributed by atoms with E-state index in [-0.39, 0.29) is 11.3 Å². The SMILES string of the molecule is Cc1cc(Br)cc(F)c1O.O=Cc1cccc(F)c1O. The van der Waals surface area contributed by atoms with Gasteiger partial charge in [-0.3, -0.25) is 4.79 Å². The zero-order chi connectivity index (χ0) is 15.3. The second kappa shape index (κ2) is 7.00. The van der Waals surface area contributed by atoms with Crippen molar-refractivity contribution in [2.45, 2.75) is 6.92 Å². The van der Waals surface area contributed by atoms with Crippen LogP contribution in [0.15, 0.2) is 34.8 Å². The molecule has 2 N–H and O–H groups in total. The first-order chi connectivity index (χ1) is 9.36. The van der Waals surface area contributed by atoms with E-state index in [4.69, 9.17) is 10.2 Å². The van der Waals surface area contributed by atoms with E-state index in [2.05, 4.69) is 15.9 Å². The molecule has 0 spiro atoms. The second-order valence-corrected chi connectivity index (χ2v) is 4.76. The Hall–Kier alpha value is -1.95. The van der Waals surface area contributed by atoms with Crippen molar-refractivity contribution in [3.05, 3.63) is 57.6 Å². The summed E-state index contributed by atoms with van der Waals surface area (Å²) in [6, 6.07) is 6.66. The van der Waals surface area contributed by atoms with Crippen molar-refractivity contribution < 1.29 is 23.8 Å². The maximum absolute atomic E-state index is 12.6. The Balaban J connectivity index is 0.000000200. The summed E-state index contributed by atoms with van der Waals surface area (Å²) in [5.74, 6) is -2.22. The van der Waals surface area contributed by atoms with Gasteiger partial charge in [-0.05, 0) is 36.8 Å². The number of hydrogen-bond donors (Lipinski definition) is 2. The highest BCUT2D eigenvalue weighted by Gasteiger charge is 2.04. The number of para-hydroxylation sites is 1. The third-order valence-electron chi connectivity index (χ3n) is 2.36. The van der Waals surface area contributed by atoms with Crippen LogP contribution in [0, 0.1) is 18.6 Å². The van der Waals surface area contributed by atoms with Crippen LogP contribution in [0.1, 0.15) is 15.9 Å². The average Bonchev–Trinajstić information content (AvgIpc) is 2.40. The Kier molecular flexibility index (Phi) is 5.64. The normalized spacial score (nSPS) is 9.60. The summed E-state index contributed by atoms with van der Waals surface area (Å²) in [6.07, 6.45) is 0.401. The fourth-order valence-electron chi connectivity index (χ4n) is 1.32. The third kappa shape index (κ3) is 4.03. The van der Waals surface area contributed by atoms with Crippen molar-refractivity contribution in [1.82, 2.24) is 0 Å². The second-order valence-electron chi connectivity index (χ2n) is 3.85. The molecule has 0 bridgehead atoms. The topological polar surface area (TPSA) is 57.5 Å². The molecule has 0 aliphatic carbocycles. The zero-order valence-electron chi connectivity index (χ0n) is 10.4. The van der Waals surface area contributed by atoms with E-state index in [1.165, 1.54) is 18.2 Å². The molecule has 6 heteroatoms. The number of aldehydes is 1. The Bertz CT molecular complexity index is 607. The minimum absolute atomic E-state index is 0.0278. The van der Waals surface area contributed by atoms with Crippen LogP contribution < -0.4 is 0 Å². The number of aryl methyl sites for hydroxylation is 1. The zero-order valence-corrected chi connectivity index (χ0v) is 12.0. The molecule has 0 atom stereocenters. The number of aromatic hydroxyl groups is 2. The van der Waals surface area contributed by atoms with Crippen molar-refractivity contribution >= 4 is 22.2 Å². The highest BCUT2D eigenvalue weighted by atomic mass is 79.9. The number of carbonyl (C=O) groups is 1. The van der Waals surface area contributed by atoms with E-state index in [1.54, 1.807) is 13.0 Å². The molecule has 0 amide bonds. The van der Waals surface area contributed by atoms with Gasteiger partial charge >= 0.3 is 0 Å². The first-order valence-electron chi connectivity index (χ1n) is 5.44. The first-order valence-corrected chi connectivity index (χ1v) is 6.23. The Morgan fingerprint density at radius 1 is 1.10 bits per heavy atom. The van der Waals surface area contributed by atoms with Crippen molar-refractivity contribution in [3.8, 4) is 11.5 Å². The number of benzene rings is 2. The Morgan fingerprint density at radius 2 is 1.75 bits per heavy atom. The quantitative estimate of drug-likeness (QED) is 0.770. The Morgan fingerprint density at radius 3 is 2.25 bits per heavy atom. The van der Waals surface area contributed by atoms with E-state index < -0.39 is 17.4 Å². The molecule has 2 rings (SSSR count). The van der Waals surface area contributed by atoms with Crippen molar-refractivity contribution in [2.75, 3.05) is 0 Å². The molecule has 0 saturated heterocycles. The molecule has 0 aliphatic rings. The van der Waals surface area contributed by atoms with Crippen LogP contribution in [0.2, 0.25) is 0 Å². The standard InChI is InChI=1S/C7H6BrFO.C7H5FO2/c1-4-2-5(8)3-6(9)7(4)10;8-6-3-1-2-5(4-9)7(6)10/h2-3,10H,1H3;1-4,10H.